The molecular formula is C16H18FN. The summed E-state index contributed by atoms with van der Waals surface area (Å²) < 4.78 is 12.9. The fraction of sp³-hybridized carbons (Fsp3) is 0.250. The van der Waals surface area contributed by atoms with Crippen LogP contribution in [0.3, 0.4) is 0 Å². The van der Waals surface area contributed by atoms with Gasteiger partial charge in [0.1, 0.15) is 5.82 Å². The molecule has 2 rings (SSSR count). The van der Waals surface area contributed by atoms with Crippen LogP contribution < -0.4 is 5.73 Å². The van der Waals surface area contributed by atoms with Gasteiger partial charge in [-0.15, -0.1) is 0 Å². The lowest BCUT2D eigenvalue weighted by atomic mass is 9.91. The van der Waals surface area contributed by atoms with E-state index < -0.39 is 0 Å². The van der Waals surface area contributed by atoms with Crippen molar-refractivity contribution in [3.8, 4) is 0 Å². The molecule has 2 heteroatoms. The van der Waals surface area contributed by atoms with Crippen LogP contribution in [-0.4, -0.2) is 6.54 Å². The summed E-state index contributed by atoms with van der Waals surface area (Å²) >= 11 is 0. The minimum Gasteiger partial charge on any atom is -0.330 e. The minimum atomic E-state index is -0.212. The maximum absolute atomic E-state index is 12.9. The second-order valence-corrected chi connectivity index (χ2v) is 4.43. The molecule has 0 aliphatic rings. The normalized spacial score (nSPS) is 12.4. The van der Waals surface area contributed by atoms with Crippen LogP contribution in [0.1, 0.15) is 29.5 Å². The third kappa shape index (κ3) is 2.77. The highest BCUT2D eigenvalue weighted by Crippen LogP contribution is 2.24. The molecule has 0 fully saturated rings. The van der Waals surface area contributed by atoms with E-state index in [1.54, 1.807) is 12.1 Å². The van der Waals surface area contributed by atoms with Crippen molar-refractivity contribution in [1.82, 2.24) is 0 Å². The van der Waals surface area contributed by atoms with Gasteiger partial charge < -0.3 is 5.73 Å². The molecule has 0 aromatic heterocycles. The van der Waals surface area contributed by atoms with Gasteiger partial charge in [0, 0.05) is 12.5 Å². The Balaban J connectivity index is 2.29. The molecule has 0 heterocycles. The molecule has 0 bridgehead atoms. The highest BCUT2D eigenvalue weighted by Gasteiger charge is 2.12. The molecule has 0 aliphatic heterocycles. The molecule has 0 aliphatic carbocycles. The Labute approximate surface area is 107 Å². The molecule has 1 nitrogen and oxygen atoms in total. The Bertz CT molecular complexity index is 488. The lowest BCUT2D eigenvalue weighted by molar-refractivity contribution is 0.626. The lowest BCUT2D eigenvalue weighted by Gasteiger charge is -2.16. The first-order valence-corrected chi connectivity index (χ1v) is 6.29. The van der Waals surface area contributed by atoms with Gasteiger partial charge in [0.15, 0.2) is 0 Å². The smallest absolute Gasteiger partial charge is 0.123 e. The predicted octanol–water partition coefficient (Wildman–Crippen LogP) is 3.48. The summed E-state index contributed by atoms with van der Waals surface area (Å²) in [5.74, 6) is -0.0765. The number of hydrogen-bond acceptors (Lipinski definition) is 1. The summed E-state index contributed by atoms with van der Waals surface area (Å²) in [6, 6.07) is 15.1. The standard InChI is InChI=1S/C16H18FN/c1-2-12-3-5-13(6-4-12)16(11-18)14-7-9-15(17)10-8-14/h3-10,16H,2,11,18H2,1H3. The number of aryl methyl sites for hydroxylation is 1. The number of rotatable bonds is 4. The lowest BCUT2D eigenvalue weighted by Crippen LogP contribution is -2.13. The second-order valence-electron chi connectivity index (χ2n) is 4.43. The van der Waals surface area contributed by atoms with Crippen LogP contribution in [0, 0.1) is 5.82 Å². The van der Waals surface area contributed by atoms with Crippen molar-refractivity contribution in [2.75, 3.05) is 6.54 Å². The van der Waals surface area contributed by atoms with Crippen molar-refractivity contribution in [2.24, 2.45) is 5.73 Å². The summed E-state index contributed by atoms with van der Waals surface area (Å²) in [5, 5.41) is 0. The molecule has 18 heavy (non-hydrogen) atoms. The highest BCUT2D eigenvalue weighted by atomic mass is 19.1. The fourth-order valence-corrected chi connectivity index (χ4v) is 2.15. The van der Waals surface area contributed by atoms with Crippen molar-refractivity contribution in [3.05, 3.63) is 71.0 Å². The number of hydrogen-bond donors (Lipinski definition) is 1. The first-order valence-electron chi connectivity index (χ1n) is 6.29. The van der Waals surface area contributed by atoms with Crippen LogP contribution in [0.15, 0.2) is 48.5 Å². The summed E-state index contributed by atoms with van der Waals surface area (Å²) in [4.78, 5) is 0. The second kappa shape index (κ2) is 5.78. The molecule has 2 aromatic rings. The van der Waals surface area contributed by atoms with Gasteiger partial charge in [-0.25, -0.2) is 4.39 Å². The molecule has 0 spiro atoms. The van der Waals surface area contributed by atoms with Gasteiger partial charge >= 0.3 is 0 Å². The summed E-state index contributed by atoms with van der Waals surface area (Å²) in [6.45, 7) is 2.66. The van der Waals surface area contributed by atoms with Gasteiger partial charge in [0.05, 0.1) is 0 Å². The number of benzene rings is 2. The van der Waals surface area contributed by atoms with Gasteiger partial charge in [0.2, 0.25) is 0 Å². The number of nitrogens with two attached hydrogens (primary N) is 1. The zero-order valence-electron chi connectivity index (χ0n) is 10.6. The Morgan fingerprint density at radius 3 is 1.89 bits per heavy atom. The van der Waals surface area contributed by atoms with Crippen LogP contribution in [-0.2, 0) is 6.42 Å². The molecule has 0 amide bonds. The largest absolute Gasteiger partial charge is 0.330 e. The van der Waals surface area contributed by atoms with Crippen LogP contribution >= 0.6 is 0 Å². The van der Waals surface area contributed by atoms with Crippen molar-refractivity contribution in [1.29, 1.82) is 0 Å². The van der Waals surface area contributed by atoms with Gasteiger partial charge in [0.25, 0.3) is 0 Å². The maximum Gasteiger partial charge on any atom is 0.123 e. The maximum atomic E-state index is 12.9. The Hall–Kier alpha value is -1.67. The molecule has 0 saturated heterocycles. The van der Waals surface area contributed by atoms with Gasteiger partial charge in [-0.05, 0) is 35.2 Å². The molecule has 0 radical (unpaired) electrons. The molecule has 0 saturated carbocycles. The van der Waals surface area contributed by atoms with E-state index in [2.05, 4.69) is 31.2 Å². The fourth-order valence-electron chi connectivity index (χ4n) is 2.15. The van der Waals surface area contributed by atoms with Crippen molar-refractivity contribution < 1.29 is 4.39 Å². The summed E-state index contributed by atoms with van der Waals surface area (Å²) in [7, 11) is 0. The van der Waals surface area contributed by atoms with E-state index >= 15 is 0 Å². The average Bonchev–Trinajstić information content (AvgIpc) is 2.42. The van der Waals surface area contributed by atoms with E-state index in [4.69, 9.17) is 5.73 Å². The quantitative estimate of drug-likeness (QED) is 0.874. The van der Waals surface area contributed by atoms with E-state index in [9.17, 15) is 4.39 Å². The first kappa shape index (κ1) is 12.8. The highest BCUT2D eigenvalue weighted by molar-refractivity contribution is 5.34. The number of halogens is 1. The van der Waals surface area contributed by atoms with Crippen LogP contribution in [0.2, 0.25) is 0 Å². The molecule has 1 unspecified atom stereocenters. The SMILES string of the molecule is CCc1ccc(C(CN)c2ccc(F)cc2)cc1. The molecular weight excluding hydrogens is 225 g/mol. The predicted molar refractivity (Wildman–Crippen MR) is 73.1 cm³/mol. The zero-order chi connectivity index (χ0) is 13.0. The topological polar surface area (TPSA) is 26.0 Å². The van der Waals surface area contributed by atoms with E-state index in [0.29, 0.717) is 6.54 Å². The van der Waals surface area contributed by atoms with E-state index in [-0.39, 0.29) is 11.7 Å². The summed E-state index contributed by atoms with van der Waals surface area (Å²) in [6.07, 6.45) is 1.03. The van der Waals surface area contributed by atoms with E-state index in [1.165, 1.54) is 23.3 Å². The molecule has 94 valence electrons. The van der Waals surface area contributed by atoms with E-state index in [1.807, 2.05) is 0 Å². The third-order valence-electron chi connectivity index (χ3n) is 3.30. The van der Waals surface area contributed by atoms with Gasteiger partial charge in [-0.3, -0.25) is 0 Å². The van der Waals surface area contributed by atoms with E-state index in [0.717, 1.165) is 12.0 Å². The van der Waals surface area contributed by atoms with Crippen molar-refractivity contribution >= 4 is 0 Å². The third-order valence-corrected chi connectivity index (χ3v) is 3.30. The average molecular weight is 243 g/mol. The monoisotopic (exact) mass is 243 g/mol. The van der Waals surface area contributed by atoms with Crippen LogP contribution in [0.25, 0.3) is 0 Å². The molecule has 2 N–H and O–H groups in total. The van der Waals surface area contributed by atoms with Gasteiger partial charge in [-0.2, -0.15) is 0 Å². The Morgan fingerprint density at radius 1 is 0.944 bits per heavy atom. The van der Waals surface area contributed by atoms with Crippen LogP contribution in [0.4, 0.5) is 4.39 Å². The Kier molecular flexibility index (Phi) is 4.11. The zero-order valence-corrected chi connectivity index (χ0v) is 10.6. The van der Waals surface area contributed by atoms with Gasteiger partial charge in [-0.1, -0.05) is 43.3 Å². The Morgan fingerprint density at radius 2 is 1.44 bits per heavy atom. The van der Waals surface area contributed by atoms with Crippen LogP contribution in [0.5, 0.6) is 0 Å². The summed E-state index contributed by atoms with van der Waals surface area (Å²) in [5.41, 5.74) is 9.41. The molecule has 2 aromatic carbocycles. The molecule has 1 atom stereocenters. The first-order chi connectivity index (χ1) is 8.74. The van der Waals surface area contributed by atoms with Crippen molar-refractivity contribution in [3.63, 3.8) is 0 Å². The van der Waals surface area contributed by atoms with Crippen molar-refractivity contribution in [2.45, 2.75) is 19.3 Å². The minimum absolute atomic E-state index is 0.136.